The molecule has 4 heteroatoms. The number of rotatable bonds is 8. The molecule has 0 heterocycles. The molecule has 0 saturated heterocycles. The molecule has 0 fully saturated rings. The molecule has 0 atom stereocenters. The second kappa shape index (κ2) is 9.38. The Morgan fingerprint density at radius 3 is 2.58 bits per heavy atom. The molecular formula is C20H25NO2S. The van der Waals surface area contributed by atoms with Crippen LogP contribution in [0.2, 0.25) is 0 Å². The highest BCUT2D eigenvalue weighted by molar-refractivity contribution is 7.99. The molecule has 0 aliphatic carbocycles. The van der Waals surface area contributed by atoms with E-state index in [1.807, 2.05) is 49.4 Å². The first-order valence-electron chi connectivity index (χ1n) is 8.23. The minimum Gasteiger partial charge on any atom is -0.493 e. The van der Waals surface area contributed by atoms with Crippen molar-refractivity contribution < 1.29 is 9.53 Å². The lowest BCUT2D eigenvalue weighted by atomic mass is 9.98. The highest BCUT2D eigenvalue weighted by Crippen LogP contribution is 2.27. The molecule has 128 valence electrons. The van der Waals surface area contributed by atoms with Gasteiger partial charge in [-0.25, -0.2) is 0 Å². The Labute approximate surface area is 148 Å². The van der Waals surface area contributed by atoms with Gasteiger partial charge in [0.05, 0.1) is 12.4 Å². The molecule has 2 aromatic carbocycles. The van der Waals surface area contributed by atoms with E-state index in [2.05, 4.69) is 25.2 Å². The highest BCUT2D eigenvalue weighted by Gasteiger charge is 2.11. The third-order valence-corrected chi connectivity index (χ3v) is 4.59. The molecule has 0 aliphatic heterocycles. The van der Waals surface area contributed by atoms with Gasteiger partial charge in [0, 0.05) is 11.4 Å². The maximum absolute atomic E-state index is 12.2. The van der Waals surface area contributed by atoms with Crippen molar-refractivity contribution in [1.29, 1.82) is 0 Å². The molecule has 0 radical (unpaired) electrons. The minimum atomic E-state index is 0.0379. The summed E-state index contributed by atoms with van der Waals surface area (Å²) < 4.78 is 5.62. The van der Waals surface area contributed by atoms with Gasteiger partial charge >= 0.3 is 0 Å². The Balaban J connectivity index is 1.76. The van der Waals surface area contributed by atoms with E-state index in [0.717, 1.165) is 22.8 Å². The Kier molecular flexibility index (Phi) is 7.19. The molecule has 1 amide bonds. The summed E-state index contributed by atoms with van der Waals surface area (Å²) in [6.45, 7) is 6.91. The number of aryl methyl sites for hydroxylation is 1. The number of hydrogen-bond donors (Lipinski definition) is 1. The lowest BCUT2D eigenvalue weighted by molar-refractivity contribution is -0.113. The Hall–Kier alpha value is -1.94. The fraction of sp³-hybridized carbons (Fsp3) is 0.350. The molecule has 24 heavy (non-hydrogen) atoms. The number of hydrogen-bond acceptors (Lipinski definition) is 3. The van der Waals surface area contributed by atoms with E-state index in [4.69, 9.17) is 4.74 Å². The number of para-hydroxylation sites is 2. The van der Waals surface area contributed by atoms with Crippen LogP contribution in [-0.4, -0.2) is 24.0 Å². The molecule has 3 nitrogen and oxygen atoms in total. The molecule has 0 unspecified atom stereocenters. The van der Waals surface area contributed by atoms with Crippen molar-refractivity contribution in [2.75, 3.05) is 23.4 Å². The first-order chi connectivity index (χ1) is 11.6. The minimum absolute atomic E-state index is 0.0379. The zero-order valence-electron chi connectivity index (χ0n) is 14.5. The average Bonchev–Trinajstić information content (AvgIpc) is 2.57. The van der Waals surface area contributed by atoms with Gasteiger partial charge in [-0.3, -0.25) is 4.79 Å². The van der Waals surface area contributed by atoms with Crippen molar-refractivity contribution in [2.24, 2.45) is 0 Å². The first-order valence-corrected chi connectivity index (χ1v) is 9.38. The van der Waals surface area contributed by atoms with Gasteiger partial charge in [0.25, 0.3) is 0 Å². The van der Waals surface area contributed by atoms with E-state index >= 15 is 0 Å². The number of thioether (sulfide) groups is 1. The van der Waals surface area contributed by atoms with Gasteiger partial charge in [-0.1, -0.05) is 50.2 Å². The summed E-state index contributed by atoms with van der Waals surface area (Å²) >= 11 is 1.58. The molecule has 0 spiro atoms. The van der Waals surface area contributed by atoms with Crippen molar-refractivity contribution in [3.05, 3.63) is 59.7 Å². The summed E-state index contributed by atoms with van der Waals surface area (Å²) in [4.78, 5) is 12.2. The number of benzene rings is 2. The largest absolute Gasteiger partial charge is 0.493 e. The molecule has 2 rings (SSSR count). The zero-order chi connectivity index (χ0) is 17.4. The molecule has 0 bridgehead atoms. The maximum atomic E-state index is 12.2. The first kappa shape index (κ1) is 18.4. The van der Waals surface area contributed by atoms with Crippen LogP contribution < -0.4 is 10.1 Å². The monoisotopic (exact) mass is 343 g/mol. The van der Waals surface area contributed by atoms with E-state index < -0.39 is 0 Å². The van der Waals surface area contributed by atoms with Gasteiger partial charge in [0.15, 0.2) is 0 Å². The summed E-state index contributed by atoms with van der Waals surface area (Å²) in [7, 11) is 0. The number of amides is 1. The average molecular weight is 343 g/mol. The van der Waals surface area contributed by atoms with E-state index in [-0.39, 0.29) is 5.91 Å². The normalized spacial score (nSPS) is 10.7. The third-order valence-electron chi connectivity index (χ3n) is 3.66. The van der Waals surface area contributed by atoms with Crippen LogP contribution in [0.15, 0.2) is 48.5 Å². The number of nitrogens with one attached hydrogen (secondary N) is 1. The van der Waals surface area contributed by atoms with Crippen LogP contribution >= 0.6 is 11.8 Å². The molecule has 0 aliphatic rings. The van der Waals surface area contributed by atoms with Crippen molar-refractivity contribution in [1.82, 2.24) is 0 Å². The summed E-state index contributed by atoms with van der Waals surface area (Å²) in [5.74, 6) is 2.50. The van der Waals surface area contributed by atoms with Gasteiger partial charge in [0.1, 0.15) is 5.75 Å². The number of ether oxygens (including phenoxy) is 1. The Morgan fingerprint density at radius 2 is 1.88 bits per heavy atom. The SMILES string of the molecule is Cc1cccc(C(C)C)c1NC(=O)CSCCOc1ccccc1. The van der Waals surface area contributed by atoms with Gasteiger partial charge in [0.2, 0.25) is 5.91 Å². The molecule has 0 saturated carbocycles. The highest BCUT2D eigenvalue weighted by atomic mass is 32.2. The quantitative estimate of drug-likeness (QED) is 0.695. The van der Waals surface area contributed by atoms with Gasteiger partial charge in [-0.15, -0.1) is 11.8 Å². The smallest absolute Gasteiger partial charge is 0.234 e. The van der Waals surface area contributed by atoms with Gasteiger partial charge < -0.3 is 10.1 Å². The van der Waals surface area contributed by atoms with Crippen LogP contribution in [0.1, 0.15) is 30.9 Å². The van der Waals surface area contributed by atoms with Crippen LogP contribution in [0.3, 0.4) is 0 Å². The van der Waals surface area contributed by atoms with E-state index in [1.165, 1.54) is 5.56 Å². The van der Waals surface area contributed by atoms with Crippen LogP contribution in [0.25, 0.3) is 0 Å². The van der Waals surface area contributed by atoms with Crippen molar-refractivity contribution >= 4 is 23.4 Å². The van der Waals surface area contributed by atoms with E-state index in [0.29, 0.717) is 18.3 Å². The Morgan fingerprint density at radius 1 is 1.12 bits per heavy atom. The second-order valence-electron chi connectivity index (χ2n) is 5.96. The predicted octanol–water partition coefficient (Wildman–Crippen LogP) is 4.87. The lowest BCUT2D eigenvalue weighted by Gasteiger charge is -2.16. The van der Waals surface area contributed by atoms with Gasteiger partial charge in [-0.05, 0) is 36.1 Å². The van der Waals surface area contributed by atoms with Crippen LogP contribution in [0, 0.1) is 6.92 Å². The fourth-order valence-electron chi connectivity index (χ4n) is 2.42. The lowest BCUT2D eigenvalue weighted by Crippen LogP contribution is -2.17. The number of anilines is 1. The second-order valence-corrected chi connectivity index (χ2v) is 7.06. The molecule has 0 aromatic heterocycles. The van der Waals surface area contributed by atoms with Crippen molar-refractivity contribution in [3.8, 4) is 5.75 Å². The zero-order valence-corrected chi connectivity index (χ0v) is 15.4. The van der Waals surface area contributed by atoms with E-state index in [1.54, 1.807) is 11.8 Å². The summed E-state index contributed by atoms with van der Waals surface area (Å²) in [6.07, 6.45) is 0. The third kappa shape index (κ3) is 5.60. The number of carbonyl (C=O) groups excluding carboxylic acids is 1. The summed E-state index contributed by atoms with van der Waals surface area (Å²) in [6, 6.07) is 15.9. The Bertz CT molecular complexity index is 656. The topological polar surface area (TPSA) is 38.3 Å². The maximum Gasteiger partial charge on any atom is 0.234 e. The van der Waals surface area contributed by atoms with Crippen LogP contribution in [-0.2, 0) is 4.79 Å². The van der Waals surface area contributed by atoms with Crippen molar-refractivity contribution in [2.45, 2.75) is 26.7 Å². The summed E-state index contributed by atoms with van der Waals surface area (Å²) in [5.41, 5.74) is 3.24. The molecular weight excluding hydrogens is 318 g/mol. The fourth-order valence-corrected chi connectivity index (χ4v) is 3.02. The van der Waals surface area contributed by atoms with Crippen LogP contribution in [0.4, 0.5) is 5.69 Å². The number of carbonyl (C=O) groups is 1. The summed E-state index contributed by atoms with van der Waals surface area (Å²) in [5, 5.41) is 3.07. The molecule has 2 aromatic rings. The van der Waals surface area contributed by atoms with Gasteiger partial charge in [-0.2, -0.15) is 0 Å². The standard InChI is InChI=1S/C20H25NO2S/c1-15(2)18-11-7-8-16(3)20(18)21-19(22)14-24-13-12-23-17-9-5-4-6-10-17/h4-11,15H,12-14H2,1-3H3,(H,21,22). The predicted molar refractivity (Wildman–Crippen MR) is 103 cm³/mol. The van der Waals surface area contributed by atoms with Crippen molar-refractivity contribution in [3.63, 3.8) is 0 Å². The van der Waals surface area contributed by atoms with E-state index in [9.17, 15) is 4.79 Å². The van der Waals surface area contributed by atoms with Crippen LogP contribution in [0.5, 0.6) is 5.75 Å². The molecule has 1 N–H and O–H groups in total.